The Morgan fingerprint density at radius 3 is 2.31 bits per heavy atom. The fraction of sp³-hybridized carbons (Fsp3) is 0.296. The van der Waals surface area contributed by atoms with Gasteiger partial charge in [-0.3, -0.25) is 19.3 Å². The van der Waals surface area contributed by atoms with E-state index in [1.54, 1.807) is 41.8 Å². The quantitative estimate of drug-likeness (QED) is 0.471. The van der Waals surface area contributed by atoms with Crippen molar-refractivity contribution in [3.63, 3.8) is 0 Å². The summed E-state index contributed by atoms with van der Waals surface area (Å²) >= 11 is 1.28. The number of carbonyl (C=O) groups is 3. The molecule has 3 amide bonds. The highest BCUT2D eigenvalue weighted by molar-refractivity contribution is 7.12. The van der Waals surface area contributed by atoms with Gasteiger partial charge < -0.3 is 10.6 Å². The average molecular weight is 494 g/mol. The third kappa shape index (κ3) is 6.33. The number of carbonyl (C=O) groups excluding carboxylic acids is 3. The van der Waals surface area contributed by atoms with Gasteiger partial charge in [0.1, 0.15) is 11.9 Å². The molecule has 4 rings (SSSR count). The summed E-state index contributed by atoms with van der Waals surface area (Å²) in [6.07, 6.45) is 5.01. The maximum atomic E-state index is 13.7. The monoisotopic (exact) mass is 493 g/mol. The zero-order valence-electron chi connectivity index (χ0n) is 19.3. The zero-order chi connectivity index (χ0) is 24.6. The maximum Gasteiger partial charge on any atom is 0.261 e. The molecule has 35 heavy (non-hydrogen) atoms. The highest BCUT2D eigenvalue weighted by Crippen LogP contribution is 2.29. The second-order valence-corrected chi connectivity index (χ2v) is 9.50. The topological polar surface area (TPSA) is 78.5 Å². The molecule has 3 aromatic rings. The van der Waals surface area contributed by atoms with E-state index < -0.39 is 17.8 Å². The molecule has 8 heteroatoms. The molecule has 1 aliphatic carbocycles. The molecule has 1 aromatic heterocycles. The second-order valence-electron chi connectivity index (χ2n) is 8.56. The number of benzene rings is 2. The lowest BCUT2D eigenvalue weighted by Gasteiger charge is -2.33. The molecule has 1 atom stereocenters. The number of nitrogens with one attached hydrogen (secondary N) is 2. The van der Waals surface area contributed by atoms with Crippen molar-refractivity contribution in [1.82, 2.24) is 10.6 Å². The van der Waals surface area contributed by atoms with Crippen LogP contribution in [0.1, 0.15) is 53.4 Å². The third-order valence-electron chi connectivity index (χ3n) is 6.09. The standard InChI is InChI=1S/C27H28FN3O3S/c28-20-15-13-19(14-16-20)25(27(34)30-21-8-3-1-4-9-21)31(22-10-5-2-6-11-22)24(32)18-29-26(33)23-12-7-17-35-23/h2,5-7,10-17,21,25H,1,3-4,8-9,18H2,(H,29,33)(H,30,34)/t25-/m1/s1. The Hall–Kier alpha value is -3.52. The Labute approximate surface area is 208 Å². The van der Waals surface area contributed by atoms with Crippen molar-refractivity contribution in [2.24, 2.45) is 0 Å². The third-order valence-corrected chi connectivity index (χ3v) is 6.96. The minimum atomic E-state index is -1.02. The first-order valence-electron chi connectivity index (χ1n) is 11.8. The fourth-order valence-corrected chi connectivity index (χ4v) is 4.99. The summed E-state index contributed by atoms with van der Waals surface area (Å²) in [5.41, 5.74) is 0.998. The van der Waals surface area contributed by atoms with Crippen LogP contribution in [0.4, 0.5) is 10.1 Å². The van der Waals surface area contributed by atoms with Crippen molar-refractivity contribution in [3.05, 3.63) is 88.4 Å². The summed E-state index contributed by atoms with van der Waals surface area (Å²) in [5.74, 6) is -1.56. The van der Waals surface area contributed by atoms with Crippen LogP contribution in [0.25, 0.3) is 0 Å². The molecule has 182 valence electrons. The van der Waals surface area contributed by atoms with Gasteiger partial charge in [0.15, 0.2) is 0 Å². The fourth-order valence-electron chi connectivity index (χ4n) is 4.35. The van der Waals surface area contributed by atoms with E-state index in [0.717, 1.165) is 32.1 Å². The molecule has 2 aromatic carbocycles. The van der Waals surface area contributed by atoms with E-state index in [9.17, 15) is 18.8 Å². The maximum absolute atomic E-state index is 13.7. The predicted octanol–water partition coefficient (Wildman–Crippen LogP) is 4.84. The van der Waals surface area contributed by atoms with Crippen molar-refractivity contribution in [2.75, 3.05) is 11.4 Å². The van der Waals surface area contributed by atoms with Crippen LogP contribution in [-0.2, 0) is 9.59 Å². The molecule has 6 nitrogen and oxygen atoms in total. The van der Waals surface area contributed by atoms with E-state index in [4.69, 9.17) is 0 Å². The number of thiophene rings is 1. The van der Waals surface area contributed by atoms with Crippen molar-refractivity contribution < 1.29 is 18.8 Å². The van der Waals surface area contributed by atoms with Crippen LogP contribution in [0.2, 0.25) is 0 Å². The molecule has 0 unspecified atom stereocenters. The van der Waals surface area contributed by atoms with E-state index in [0.29, 0.717) is 16.1 Å². The minimum absolute atomic E-state index is 0.0328. The van der Waals surface area contributed by atoms with E-state index in [1.165, 1.54) is 40.5 Å². The average Bonchev–Trinajstić information content (AvgIpc) is 3.43. The van der Waals surface area contributed by atoms with Crippen LogP contribution in [-0.4, -0.2) is 30.3 Å². The van der Waals surface area contributed by atoms with Crippen LogP contribution in [0.3, 0.4) is 0 Å². The number of amides is 3. The molecule has 2 N–H and O–H groups in total. The molecule has 1 saturated carbocycles. The Morgan fingerprint density at radius 2 is 1.66 bits per heavy atom. The van der Waals surface area contributed by atoms with E-state index in [-0.39, 0.29) is 24.4 Å². The van der Waals surface area contributed by atoms with Crippen molar-refractivity contribution in [3.8, 4) is 0 Å². The van der Waals surface area contributed by atoms with E-state index in [1.807, 2.05) is 6.07 Å². The van der Waals surface area contributed by atoms with Crippen LogP contribution >= 0.6 is 11.3 Å². The molecule has 1 heterocycles. The molecule has 1 aliphatic rings. The molecule has 0 spiro atoms. The summed E-state index contributed by atoms with van der Waals surface area (Å²) in [4.78, 5) is 41.5. The van der Waals surface area contributed by atoms with Gasteiger partial charge >= 0.3 is 0 Å². The lowest BCUT2D eigenvalue weighted by atomic mass is 9.94. The number of para-hydroxylation sites is 1. The predicted molar refractivity (Wildman–Crippen MR) is 135 cm³/mol. The number of halogens is 1. The molecular formula is C27H28FN3O3S. The van der Waals surface area contributed by atoms with Crippen LogP contribution < -0.4 is 15.5 Å². The molecule has 0 aliphatic heterocycles. The first kappa shape index (κ1) is 24.6. The molecule has 0 radical (unpaired) electrons. The van der Waals surface area contributed by atoms with E-state index >= 15 is 0 Å². The normalized spacial score (nSPS) is 14.7. The van der Waals surface area contributed by atoms with Gasteiger partial charge in [-0.15, -0.1) is 11.3 Å². The summed E-state index contributed by atoms with van der Waals surface area (Å²) < 4.78 is 13.7. The Bertz CT molecular complexity index is 1130. The Kier molecular flexibility index (Phi) is 8.26. The SMILES string of the molecule is O=C(NCC(=O)N(c1ccccc1)[C@@H](C(=O)NC1CCCCC1)c1ccc(F)cc1)c1cccs1. The van der Waals surface area contributed by atoms with Gasteiger partial charge in [-0.1, -0.05) is 55.7 Å². The van der Waals surface area contributed by atoms with Gasteiger partial charge in [0.05, 0.1) is 11.4 Å². The van der Waals surface area contributed by atoms with Crippen LogP contribution in [0, 0.1) is 5.82 Å². The van der Waals surface area contributed by atoms with Crippen LogP contribution in [0.5, 0.6) is 0 Å². The second kappa shape index (κ2) is 11.8. The zero-order valence-corrected chi connectivity index (χ0v) is 20.1. The summed E-state index contributed by atoms with van der Waals surface area (Å²) in [5, 5.41) is 7.56. The number of hydrogen-bond donors (Lipinski definition) is 2. The van der Waals surface area contributed by atoms with Gasteiger partial charge in [0.25, 0.3) is 5.91 Å². The lowest BCUT2D eigenvalue weighted by Crippen LogP contribution is -2.49. The van der Waals surface area contributed by atoms with Gasteiger partial charge in [0, 0.05) is 11.7 Å². The largest absolute Gasteiger partial charge is 0.351 e. The summed E-state index contributed by atoms with van der Waals surface area (Å²) in [6.45, 7) is -0.292. The molecule has 0 saturated heterocycles. The number of rotatable bonds is 8. The van der Waals surface area contributed by atoms with Crippen molar-refractivity contribution in [1.29, 1.82) is 0 Å². The number of nitrogens with zero attached hydrogens (tertiary/aromatic N) is 1. The smallest absolute Gasteiger partial charge is 0.261 e. The van der Waals surface area contributed by atoms with Crippen LogP contribution in [0.15, 0.2) is 72.1 Å². The van der Waals surface area contributed by atoms with Gasteiger partial charge in [-0.2, -0.15) is 0 Å². The molecule has 1 fully saturated rings. The highest BCUT2D eigenvalue weighted by atomic mass is 32.1. The number of hydrogen-bond acceptors (Lipinski definition) is 4. The van der Waals surface area contributed by atoms with Crippen molar-refractivity contribution >= 4 is 34.7 Å². The minimum Gasteiger partial charge on any atom is -0.351 e. The molecular weight excluding hydrogens is 465 g/mol. The van der Waals surface area contributed by atoms with Crippen molar-refractivity contribution in [2.45, 2.75) is 44.2 Å². The highest BCUT2D eigenvalue weighted by Gasteiger charge is 2.34. The van der Waals surface area contributed by atoms with Gasteiger partial charge in [-0.05, 0) is 54.1 Å². The summed E-state index contributed by atoms with van der Waals surface area (Å²) in [6, 6.07) is 16.9. The summed E-state index contributed by atoms with van der Waals surface area (Å²) in [7, 11) is 0. The van der Waals surface area contributed by atoms with Gasteiger partial charge in [0.2, 0.25) is 11.8 Å². The lowest BCUT2D eigenvalue weighted by molar-refractivity contribution is -0.127. The Balaban J connectivity index is 1.65. The molecule has 0 bridgehead atoms. The number of anilines is 1. The van der Waals surface area contributed by atoms with Gasteiger partial charge in [-0.25, -0.2) is 4.39 Å². The van der Waals surface area contributed by atoms with E-state index in [2.05, 4.69) is 10.6 Å². The first-order valence-corrected chi connectivity index (χ1v) is 12.7. The first-order chi connectivity index (χ1) is 17.0. The Morgan fingerprint density at radius 1 is 0.943 bits per heavy atom.